The van der Waals surface area contributed by atoms with Crippen molar-refractivity contribution >= 4 is 34.8 Å². The van der Waals surface area contributed by atoms with E-state index in [1.807, 2.05) is 6.07 Å². The normalized spacial score (nSPS) is 10.4. The van der Waals surface area contributed by atoms with Crippen molar-refractivity contribution in [2.24, 2.45) is 0 Å². The van der Waals surface area contributed by atoms with Gasteiger partial charge in [-0.05, 0) is 42.5 Å². The van der Waals surface area contributed by atoms with Crippen LogP contribution in [0, 0.1) is 5.82 Å². The quantitative estimate of drug-likeness (QED) is 0.680. The lowest BCUT2D eigenvalue weighted by Crippen LogP contribution is -2.12. The first-order valence-corrected chi connectivity index (χ1v) is 8.05. The molecule has 0 saturated heterocycles. The highest BCUT2D eigenvalue weighted by Crippen LogP contribution is 2.29. The van der Waals surface area contributed by atoms with Crippen LogP contribution >= 0.6 is 11.6 Å². The highest BCUT2D eigenvalue weighted by molar-refractivity contribution is 6.33. The maximum Gasteiger partial charge on any atom is 0.291 e. The zero-order chi connectivity index (χ0) is 18.7. The second-order valence-electron chi connectivity index (χ2n) is 5.47. The number of carbonyl (C=O) groups excluding carboxylic acids is 2. The predicted octanol–water partition coefficient (Wildman–Crippen LogP) is 4.95. The summed E-state index contributed by atoms with van der Waals surface area (Å²) in [5.74, 6) is -0.993. The second-order valence-corrected chi connectivity index (χ2v) is 5.88. The number of furan rings is 1. The maximum atomic E-state index is 13.7. The minimum Gasteiger partial charge on any atom is -0.451 e. The Bertz CT molecular complexity index is 984. The SMILES string of the molecule is CC(=O)Nc1cc(NC(=O)c2ccc(-c3ccccc3Cl)o2)ccc1F. The fourth-order valence-corrected chi connectivity index (χ4v) is 2.58. The molecule has 3 rings (SSSR count). The van der Waals surface area contributed by atoms with Crippen LogP contribution in [0.25, 0.3) is 11.3 Å². The van der Waals surface area contributed by atoms with E-state index in [0.29, 0.717) is 22.0 Å². The highest BCUT2D eigenvalue weighted by Gasteiger charge is 2.15. The Morgan fingerprint density at radius 3 is 2.54 bits per heavy atom. The Labute approximate surface area is 153 Å². The second kappa shape index (κ2) is 7.41. The Hall–Kier alpha value is -3.12. The lowest BCUT2D eigenvalue weighted by Gasteiger charge is -2.08. The summed E-state index contributed by atoms with van der Waals surface area (Å²) in [5, 5.41) is 5.46. The van der Waals surface area contributed by atoms with Crippen LogP contribution in [0.3, 0.4) is 0 Å². The van der Waals surface area contributed by atoms with E-state index < -0.39 is 17.6 Å². The standard InChI is InChI=1S/C19H14ClFN2O3/c1-11(24)22-16-10-12(6-7-15(16)21)23-19(25)18-9-8-17(26-18)13-4-2-3-5-14(13)20/h2-10H,1H3,(H,22,24)(H,23,25). The number of anilines is 2. The van der Waals surface area contributed by atoms with E-state index in [4.69, 9.17) is 16.0 Å². The first-order valence-electron chi connectivity index (χ1n) is 7.67. The molecule has 0 bridgehead atoms. The van der Waals surface area contributed by atoms with Crippen LogP contribution in [0.2, 0.25) is 5.02 Å². The molecule has 0 saturated carbocycles. The fraction of sp³-hybridized carbons (Fsp3) is 0.0526. The summed E-state index contributed by atoms with van der Waals surface area (Å²) in [6, 6.07) is 14.1. The van der Waals surface area contributed by atoms with Gasteiger partial charge in [-0.15, -0.1) is 0 Å². The third-order valence-electron chi connectivity index (χ3n) is 3.50. The summed E-state index contributed by atoms with van der Waals surface area (Å²) in [5.41, 5.74) is 0.963. The molecule has 0 fully saturated rings. The van der Waals surface area contributed by atoms with Gasteiger partial charge in [0, 0.05) is 18.2 Å². The highest BCUT2D eigenvalue weighted by atomic mass is 35.5. The Balaban J connectivity index is 1.79. The lowest BCUT2D eigenvalue weighted by molar-refractivity contribution is -0.114. The molecule has 0 radical (unpaired) electrons. The zero-order valence-corrected chi connectivity index (χ0v) is 14.4. The smallest absolute Gasteiger partial charge is 0.291 e. The molecule has 1 heterocycles. The largest absolute Gasteiger partial charge is 0.451 e. The van der Waals surface area contributed by atoms with Crippen LogP contribution in [0.1, 0.15) is 17.5 Å². The molecule has 0 spiro atoms. The van der Waals surface area contributed by atoms with E-state index in [1.54, 1.807) is 24.3 Å². The monoisotopic (exact) mass is 372 g/mol. The molecule has 3 aromatic rings. The molecule has 132 valence electrons. The van der Waals surface area contributed by atoms with Gasteiger partial charge in [0.1, 0.15) is 11.6 Å². The number of hydrogen-bond acceptors (Lipinski definition) is 3. The predicted molar refractivity (Wildman–Crippen MR) is 97.8 cm³/mol. The number of benzene rings is 2. The molecule has 2 N–H and O–H groups in total. The molecule has 0 atom stereocenters. The maximum absolute atomic E-state index is 13.7. The number of hydrogen-bond donors (Lipinski definition) is 2. The van der Waals surface area contributed by atoms with Gasteiger partial charge >= 0.3 is 0 Å². The molecule has 5 nitrogen and oxygen atoms in total. The minimum atomic E-state index is -0.600. The van der Waals surface area contributed by atoms with Crippen LogP contribution in [-0.2, 0) is 4.79 Å². The summed E-state index contributed by atoms with van der Waals surface area (Å²) in [4.78, 5) is 23.4. The molecule has 0 aliphatic heterocycles. The number of amides is 2. The fourth-order valence-electron chi connectivity index (χ4n) is 2.35. The molecule has 7 heteroatoms. The molecular weight excluding hydrogens is 359 g/mol. The molecule has 0 aliphatic carbocycles. The van der Waals surface area contributed by atoms with E-state index in [9.17, 15) is 14.0 Å². The van der Waals surface area contributed by atoms with Crippen molar-refractivity contribution in [3.63, 3.8) is 0 Å². The number of carbonyl (C=O) groups is 2. The van der Waals surface area contributed by atoms with Crippen molar-refractivity contribution in [3.8, 4) is 11.3 Å². The van der Waals surface area contributed by atoms with Crippen LogP contribution in [0.4, 0.5) is 15.8 Å². The minimum absolute atomic E-state index is 0.0218. The third kappa shape index (κ3) is 3.92. The summed E-state index contributed by atoms with van der Waals surface area (Å²) < 4.78 is 19.2. The first-order chi connectivity index (χ1) is 12.4. The van der Waals surface area contributed by atoms with E-state index >= 15 is 0 Å². The molecule has 0 aliphatic rings. The van der Waals surface area contributed by atoms with Crippen LogP contribution < -0.4 is 10.6 Å². The van der Waals surface area contributed by atoms with Crippen molar-refractivity contribution in [2.45, 2.75) is 6.92 Å². The summed E-state index contributed by atoms with van der Waals surface area (Å²) in [6.45, 7) is 1.27. The topological polar surface area (TPSA) is 71.3 Å². The number of halogens is 2. The Morgan fingerprint density at radius 2 is 1.81 bits per heavy atom. The van der Waals surface area contributed by atoms with Gasteiger partial charge in [-0.25, -0.2) is 4.39 Å². The van der Waals surface area contributed by atoms with Crippen molar-refractivity contribution in [3.05, 3.63) is 71.2 Å². The third-order valence-corrected chi connectivity index (χ3v) is 3.83. The zero-order valence-electron chi connectivity index (χ0n) is 13.7. The van der Waals surface area contributed by atoms with Crippen LogP contribution in [-0.4, -0.2) is 11.8 Å². The van der Waals surface area contributed by atoms with Crippen molar-refractivity contribution < 1.29 is 18.4 Å². The average molecular weight is 373 g/mol. The lowest BCUT2D eigenvalue weighted by atomic mass is 10.2. The summed E-state index contributed by atoms with van der Waals surface area (Å²) >= 11 is 6.12. The van der Waals surface area contributed by atoms with Crippen molar-refractivity contribution in [2.75, 3.05) is 10.6 Å². The van der Waals surface area contributed by atoms with Crippen LogP contribution in [0.15, 0.2) is 59.0 Å². The number of rotatable bonds is 4. The van der Waals surface area contributed by atoms with Gasteiger partial charge in [-0.1, -0.05) is 23.7 Å². The molecule has 2 aromatic carbocycles. The van der Waals surface area contributed by atoms with Gasteiger partial charge in [0.15, 0.2) is 5.76 Å². The van der Waals surface area contributed by atoms with Gasteiger partial charge in [0.2, 0.25) is 5.91 Å². The van der Waals surface area contributed by atoms with Gasteiger partial charge in [-0.3, -0.25) is 9.59 Å². The van der Waals surface area contributed by atoms with E-state index in [2.05, 4.69) is 10.6 Å². The molecule has 1 aromatic heterocycles. The average Bonchev–Trinajstić information content (AvgIpc) is 3.08. The van der Waals surface area contributed by atoms with Gasteiger partial charge < -0.3 is 15.1 Å². The van der Waals surface area contributed by atoms with Gasteiger partial charge in [0.05, 0.1) is 10.7 Å². The van der Waals surface area contributed by atoms with E-state index in [1.165, 1.54) is 25.1 Å². The molecule has 26 heavy (non-hydrogen) atoms. The summed E-state index contributed by atoms with van der Waals surface area (Å²) in [7, 11) is 0. The first kappa shape index (κ1) is 17.7. The Kier molecular flexibility index (Phi) is 5.04. The Morgan fingerprint density at radius 1 is 1.04 bits per heavy atom. The van der Waals surface area contributed by atoms with Gasteiger partial charge in [0.25, 0.3) is 5.91 Å². The molecule has 0 unspecified atom stereocenters. The van der Waals surface area contributed by atoms with E-state index in [0.717, 1.165) is 6.07 Å². The van der Waals surface area contributed by atoms with Crippen LogP contribution in [0.5, 0.6) is 0 Å². The number of nitrogens with one attached hydrogen (secondary N) is 2. The summed E-state index contributed by atoms with van der Waals surface area (Å²) in [6.07, 6.45) is 0. The van der Waals surface area contributed by atoms with Gasteiger partial charge in [-0.2, -0.15) is 0 Å². The van der Waals surface area contributed by atoms with Crippen molar-refractivity contribution in [1.82, 2.24) is 0 Å². The van der Waals surface area contributed by atoms with E-state index in [-0.39, 0.29) is 11.4 Å². The van der Waals surface area contributed by atoms with Crippen molar-refractivity contribution in [1.29, 1.82) is 0 Å². The molecular formula is C19H14ClFN2O3. The molecule has 2 amide bonds.